The molecular formula is C25H21ClF9N5O4. The minimum absolute atomic E-state index is 0.0482. The molecule has 0 spiro atoms. The highest BCUT2D eigenvalue weighted by Gasteiger charge is 2.60. The molecule has 3 aromatic rings. The molecule has 240 valence electrons. The van der Waals surface area contributed by atoms with Crippen LogP contribution in [0.25, 0.3) is 10.9 Å². The number of ether oxygens (including phenoxy) is 1. The Balaban J connectivity index is 0.000000566. The van der Waals surface area contributed by atoms with Gasteiger partial charge in [0.2, 0.25) is 5.95 Å². The Morgan fingerprint density at radius 2 is 1.64 bits per heavy atom. The molecule has 1 atom stereocenters. The molecule has 0 radical (unpaired) electrons. The van der Waals surface area contributed by atoms with Crippen LogP contribution in [-0.4, -0.2) is 69.8 Å². The summed E-state index contributed by atoms with van der Waals surface area (Å²) in [5, 5.41) is 7.05. The smallest absolute Gasteiger partial charge is 0.475 e. The second-order valence-corrected chi connectivity index (χ2v) is 10.3. The number of fused-ring (bicyclic) bond motifs is 2. The largest absolute Gasteiger partial charge is 0.490 e. The van der Waals surface area contributed by atoms with Gasteiger partial charge in [-0.1, -0.05) is 17.7 Å². The van der Waals surface area contributed by atoms with Gasteiger partial charge in [0.25, 0.3) is 5.56 Å². The molecule has 2 aliphatic heterocycles. The molecule has 0 aliphatic carbocycles. The van der Waals surface area contributed by atoms with Gasteiger partial charge < -0.3 is 19.6 Å². The van der Waals surface area contributed by atoms with E-state index in [0.29, 0.717) is 37.9 Å². The van der Waals surface area contributed by atoms with Crippen molar-refractivity contribution in [2.75, 3.05) is 36.1 Å². The lowest BCUT2D eigenvalue weighted by Crippen LogP contribution is -2.55. The Morgan fingerprint density at radius 1 is 1.02 bits per heavy atom. The molecule has 44 heavy (non-hydrogen) atoms. The highest BCUT2D eigenvalue weighted by atomic mass is 35.5. The van der Waals surface area contributed by atoms with Crippen LogP contribution in [0.1, 0.15) is 18.2 Å². The fourth-order valence-corrected chi connectivity index (χ4v) is 4.81. The van der Waals surface area contributed by atoms with Crippen molar-refractivity contribution in [2.45, 2.75) is 44.1 Å². The number of rotatable bonds is 3. The van der Waals surface area contributed by atoms with Gasteiger partial charge >= 0.3 is 24.5 Å². The highest BCUT2D eigenvalue weighted by molar-refractivity contribution is 6.35. The van der Waals surface area contributed by atoms with Crippen LogP contribution in [0.2, 0.25) is 5.02 Å². The van der Waals surface area contributed by atoms with Crippen molar-refractivity contribution in [3.05, 3.63) is 57.0 Å². The van der Waals surface area contributed by atoms with Crippen molar-refractivity contribution >= 4 is 40.2 Å². The summed E-state index contributed by atoms with van der Waals surface area (Å²) in [5.41, 5.74) is -3.98. The summed E-state index contributed by atoms with van der Waals surface area (Å²) < 4.78 is 120. The number of hydrogen-bond acceptors (Lipinski definition) is 7. The van der Waals surface area contributed by atoms with Gasteiger partial charge in [-0.05, 0) is 30.7 Å². The monoisotopic (exact) mass is 661 g/mol. The Hall–Kier alpha value is -3.80. The van der Waals surface area contributed by atoms with Gasteiger partial charge in [-0.15, -0.1) is 0 Å². The third kappa shape index (κ3) is 6.64. The molecule has 1 saturated heterocycles. The van der Waals surface area contributed by atoms with Gasteiger partial charge in [-0.3, -0.25) is 9.36 Å². The summed E-state index contributed by atoms with van der Waals surface area (Å²) >= 11 is 6.09. The van der Waals surface area contributed by atoms with Crippen LogP contribution in [0.4, 0.5) is 51.3 Å². The van der Waals surface area contributed by atoms with E-state index in [2.05, 4.69) is 9.97 Å². The fourth-order valence-electron chi connectivity index (χ4n) is 4.55. The fraction of sp³-hybridized carbons (Fsp3) is 0.440. The lowest BCUT2D eigenvalue weighted by atomic mass is 9.99. The van der Waals surface area contributed by atoms with E-state index in [0.717, 1.165) is 16.4 Å². The van der Waals surface area contributed by atoms with Crippen LogP contribution in [0, 0.1) is 0 Å². The molecule has 1 N–H and O–H groups in total. The Morgan fingerprint density at radius 3 is 2.18 bits per heavy atom. The lowest BCUT2D eigenvalue weighted by molar-refractivity contribution is -0.192. The van der Waals surface area contributed by atoms with Gasteiger partial charge in [0.05, 0.1) is 30.3 Å². The Labute approximate surface area is 246 Å². The van der Waals surface area contributed by atoms with Gasteiger partial charge in [-0.25, -0.2) is 9.78 Å². The third-order valence-corrected chi connectivity index (χ3v) is 7.23. The number of nitrogens with zero attached hydrogens (tertiary/aromatic N) is 5. The zero-order valence-corrected chi connectivity index (χ0v) is 23.1. The summed E-state index contributed by atoms with van der Waals surface area (Å²) in [6.07, 6.45) is -14.5. The molecule has 1 fully saturated rings. The SMILES string of the molecule is CC1(C(F)(F)F)Cn2c(nc(N3CCOCC3)cc2=O)N1Cc1ccc2nc(C(F)(F)F)cc(Cl)c2c1.O=C(O)C(F)(F)F. The van der Waals surface area contributed by atoms with E-state index < -0.39 is 47.8 Å². The topological polar surface area (TPSA) is 101 Å². The average Bonchev–Trinajstić information content (AvgIpc) is 3.21. The van der Waals surface area contributed by atoms with Crippen LogP contribution in [0.15, 0.2) is 35.1 Å². The number of pyridine rings is 1. The number of morpholine rings is 1. The first-order valence-corrected chi connectivity index (χ1v) is 12.9. The number of aliphatic carboxylic acids is 1. The average molecular weight is 662 g/mol. The first-order chi connectivity index (χ1) is 20.2. The van der Waals surface area contributed by atoms with Crippen molar-refractivity contribution in [3.63, 3.8) is 0 Å². The predicted molar refractivity (Wildman–Crippen MR) is 138 cm³/mol. The maximum absolute atomic E-state index is 14.4. The standard InChI is InChI=1S/C23H20ClF6N5O2.C2HF3O2/c1-21(23(28,29)30)12-34-19(36)10-18(33-4-6-37-7-5-33)32-20(34)35(21)11-13-2-3-16-14(8-13)15(24)9-17(31-16)22(25,26)27;3-2(4,5)1(6)7/h2-3,8-10H,4-7,11-12H2,1H3;(H,6,7). The summed E-state index contributed by atoms with van der Waals surface area (Å²) in [5.74, 6) is -2.65. The molecule has 4 heterocycles. The normalized spacial score (nSPS) is 19.1. The number of anilines is 2. The molecule has 1 aromatic carbocycles. The number of benzene rings is 1. The molecule has 1 unspecified atom stereocenters. The number of hydrogen-bond donors (Lipinski definition) is 1. The first-order valence-electron chi connectivity index (χ1n) is 12.5. The van der Waals surface area contributed by atoms with Crippen LogP contribution >= 0.6 is 11.6 Å². The van der Waals surface area contributed by atoms with Crippen molar-refractivity contribution in [3.8, 4) is 0 Å². The van der Waals surface area contributed by atoms with E-state index >= 15 is 0 Å². The van der Waals surface area contributed by atoms with E-state index in [9.17, 15) is 44.3 Å². The third-order valence-electron chi connectivity index (χ3n) is 6.92. The van der Waals surface area contributed by atoms with E-state index in [1.807, 2.05) is 0 Å². The van der Waals surface area contributed by atoms with Gasteiger partial charge in [0.1, 0.15) is 11.5 Å². The number of carboxylic acids is 1. The van der Waals surface area contributed by atoms with Crippen LogP contribution in [0.3, 0.4) is 0 Å². The number of alkyl halides is 9. The zero-order valence-electron chi connectivity index (χ0n) is 22.3. The number of carbonyl (C=O) groups is 1. The van der Waals surface area contributed by atoms with Crippen LogP contribution < -0.4 is 15.4 Å². The predicted octanol–water partition coefficient (Wildman–Crippen LogP) is 5.27. The van der Waals surface area contributed by atoms with Crippen molar-refractivity contribution in [2.24, 2.45) is 0 Å². The maximum atomic E-state index is 14.4. The molecule has 0 bridgehead atoms. The highest BCUT2D eigenvalue weighted by Crippen LogP contribution is 2.44. The van der Waals surface area contributed by atoms with Crippen molar-refractivity contribution in [1.82, 2.24) is 14.5 Å². The Bertz CT molecular complexity index is 1620. The molecular weight excluding hydrogens is 641 g/mol. The number of carboxylic acid groups (broad SMARTS) is 1. The molecule has 0 saturated carbocycles. The van der Waals surface area contributed by atoms with Crippen LogP contribution in [-0.2, 0) is 28.8 Å². The maximum Gasteiger partial charge on any atom is 0.490 e. The van der Waals surface area contributed by atoms with Crippen molar-refractivity contribution in [1.29, 1.82) is 0 Å². The minimum Gasteiger partial charge on any atom is -0.475 e. The molecule has 5 rings (SSSR count). The van der Waals surface area contributed by atoms with E-state index in [4.69, 9.17) is 26.2 Å². The summed E-state index contributed by atoms with van der Waals surface area (Å²) in [6, 6.07) is 5.95. The van der Waals surface area contributed by atoms with E-state index in [1.54, 1.807) is 4.90 Å². The molecule has 2 aromatic heterocycles. The van der Waals surface area contributed by atoms with E-state index in [1.165, 1.54) is 24.3 Å². The second-order valence-electron chi connectivity index (χ2n) is 9.94. The molecule has 2 aliphatic rings. The second kappa shape index (κ2) is 11.6. The van der Waals surface area contributed by atoms with Gasteiger partial charge in [0, 0.05) is 31.1 Å². The van der Waals surface area contributed by atoms with Crippen molar-refractivity contribution < 1.29 is 54.2 Å². The quantitative estimate of drug-likeness (QED) is 0.379. The first kappa shape index (κ1) is 33.1. The number of aromatic nitrogens is 3. The Kier molecular flexibility index (Phi) is 8.73. The lowest BCUT2D eigenvalue weighted by Gasteiger charge is -2.37. The van der Waals surface area contributed by atoms with Gasteiger partial charge in [-0.2, -0.15) is 44.5 Å². The molecule has 0 amide bonds. The van der Waals surface area contributed by atoms with E-state index in [-0.39, 0.29) is 34.2 Å². The summed E-state index contributed by atoms with van der Waals surface area (Å²) in [7, 11) is 0. The molecule has 9 nitrogen and oxygen atoms in total. The number of halogens is 10. The molecule has 19 heteroatoms. The summed E-state index contributed by atoms with van der Waals surface area (Å²) in [4.78, 5) is 32.6. The van der Waals surface area contributed by atoms with Crippen LogP contribution in [0.5, 0.6) is 0 Å². The minimum atomic E-state index is -5.08. The zero-order chi connectivity index (χ0) is 32.8. The summed E-state index contributed by atoms with van der Waals surface area (Å²) in [6.45, 7) is 1.65. The van der Waals surface area contributed by atoms with Gasteiger partial charge in [0.15, 0.2) is 5.54 Å².